The van der Waals surface area contributed by atoms with Crippen LogP contribution in [-0.2, 0) is 13.1 Å². The molecule has 5 aromatic rings. The second kappa shape index (κ2) is 17.9. The molecule has 0 aliphatic carbocycles. The molecule has 2 aromatic carbocycles. The molecule has 0 radical (unpaired) electrons. The number of hydrogen-bond donors (Lipinski definition) is 2. The van der Waals surface area contributed by atoms with Gasteiger partial charge < -0.3 is 30.3 Å². The van der Waals surface area contributed by atoms with Crippen LogP contribution in [0.15, 0.2) is 79.4 Å². The lowest BCUT2D eigenvalue weighted by Gasteiger charge is -2.46. The van der Waals surface area contributed by atoms with Crippen molar-refractivity contribution >= 4 is 28.4 Å². The Kier molecular flexibility index (Phi) is 12.9. The highest BCUT2D eigenvalue weighted by atomic mass is 16.5. The summed E-state index contributed by atoms with van der Waals surface area (Å²) in [4.78, 5) is 40.9. The van der Waals surface area contributed by atoms with Crippen LogP contribution in [0, 0.1) is 0 Å². The number of carbonyl (C=O) groups excluding carboxylic acids is 1. The zero-order valence-corrected chi connectivity index (χ0v) is 33.0. The lowest BCUT2D eigenvalue weighted by atomic mass is 9.99. The van der Waals surface area contributed by atoms with E-state index in [9.17, 15) is 4.79 Å². The molecule has 0 atom stereocenters. The smallest absolute Gasteiger partial charge is 0.259 e. The predicted molar refractivity (Wildman–Crippen MR) is 218 cm³/mol. The number of carbonyl (C=O) groups is 1. The molecule has 3 aromatic heterocycles. The predicted octanol–water partition coefficient (Wildman–Crippen LogP) is 5.29. The number of aromatic nitrogens is 4. The Balaban J connectivity index is 0.000000252. The standard InChI is InChI=1S/C29H32N6O3.C13H22N4/c1-4-34-11-13-35(14-12-34)19-20-5-8-26(32-18-20)33-29(36)25-7-6-24(27-28(25)31-10-9-30-27)21-15-22(37-2)17-23(16-21)38-3;1-13(2)10-16(3)6-7-17(13)9-12-5-4-11(14)8-15-12/h5-10,15-18H,4,11-14,19H2,1-3H3,(H,32,33,36);4-5,8H,6-7,9-10,14H2,1-3H3. The van der Waals surface area contributed by atoms with Gasteiger partial charge in [-0.15, -0.1) is 0 Å². The molecule has 3 N–H and O–H groups in total. The molecule has 0 saturated carbocycles. The third kappa shape index (κ3) is 10.1. The molecule has 2 saturated heterocycles. The van der Waals surface area contributed by atoms with Gasteiger partial charge in [-0.25, -0.2) is 4.98 Å². The minimum atomic E-state index is -0.291. The zero-order chi connectivity index (χ0) is 39.0. The number of nitrogens with two attached hydrogens (primary N) is 1. The Morgan fingerprint density at radius 2 is 1.51 bits per heavy atom. The maximum atomic E-state index is 13.3. The summed E-state index contributed by atoms with van der Waals surface area (Å²) in [6.45, 7) is 17.3. The van der Waals surface area contributed by atoms with Gasteiger partial charge in [-0.2, -0.15) is 0 Å². The minimum Gasteiger partial charge on any atom is -0.497 e. The molecule has 2 fully saturated rings. The Morgan fingerprint density at radius 1 is 0.800 bits per heavy atom. The van der Waals surface area contributed by atoms with Crippen molar-refractivity contribution in [3.63, 3.8) is 0 Å². The Hall–Kier alpha value is -5.21. The van der Waals surface area contributed by atoms with Crippen molar-refractivity contribution < 1.29 is 14.3 Å². The number of pyridine rings is 2. The molecular formula is C42H54N10O3. The molecule has 290 valence electrons. The van der Waals surface area contributed by atoms with Crippen molar-refractivity contribution in [1.29, 1.82) is 0 Å². The minimum absolute atomic E-state index is 0.204. The SMILES string of the molecule is CCN1CCN(Cc2ccc(NC(=O)c3ccc(-c4cc(OC)cc(OC)c4)c4nccnc34)nc2)CC1.CN1CCN(Cc2ccc(N)cn2)C(C)(C)C1. The first-order chi connectivity index (χ1) is 26.5. The van der Waals surface area contributed by atoms with E-state index in [-0.39, 0.29) is 11.4 Å². The number of ether oxygens (including phenoxy) is 2. The van der Waals surface area contributed by atoms with Gasteiger partial charge in [0.15, 0.2) is 0 Å². The van der Waals surface area contributed by atoms with E-state index < -0.39 is 0 Å². The summed E-state index contributed by atoms with van der Waals surface area (Å²) in [5.41, 5.74) is 12.0. The summed E-state index contributed by atoms with van der Waals surface area (Å²) < 4.78 is 10.9. The summed E-state index contributed by atoms with van der Waals surface area (Å²) in [7, 11) is 5.40. The first kappa shape index (κ1) is 39.5. The highest BCUT2D eigenvalue weighted by molar-refractivity contribution is 6.13. The lowest BCUT2D eigenvalue weighted by Crippen LogP contribution is -2.57. The monoisotopic (exact) mass is 746 g/mol. The van der Waals surface area contributed by atoms with Gasteiger partial charge in [0.25, 0.3) is 5.91 Å². The Labute approximate surface area is 324 Å². The molecule has 55 heavy (non-hydrogen) atoms. The van der Waals surface area contributed by atoms with Crippen LogP contribution >= 0.6 is 0 Å². The molecule has 0 spiro atoms. The van der Waals surface area contributed by atoms with Crippen molar-refractivity contribution in [2.75, 3.05) is 84.7 Å². The average molecular weight is 747 g/mol. The van der Waals surface area contributed by atoms with Crippen LogP contribution in [0.5, 0.6) is 11.5 Å². The maximum absolute atomic E-state index is 13.3. The van der Waals surface area contributed by atoms with Gasteiger partial charge in [0.1, 0.15) is 22.8 Å². The average Bonchev–Trinajstić information content (AvgIpc) is 3.20. The van der Waals surface area contributed by atoms with Crippen molar-refractivity contribution in [2.45, 2.75) is 39.4 Å². The number of rotatable bonds is 10. The molecule has 13 nitrogen and oxygen atoms in total. The quantitative estimate of drug-likeness (QED) is 0.192. The Bertz CT molecular complexity index is 2010. The van der Waals surface area contributed by atoms with Crippen LogP contribution in [0.3, 0.4) is 0 Å². The molecule has 0 unspecified atom stereocenters. The fourth-order valence-electron chi connectivity index (χ4n) is 7.19. The van der Waals surface area contributed by atoms with E-state index in [2.05, 4.69) is 72.7 Å². The number of nitrogens with one attached hydrogen (secondary N) is 1. The summed E-state index contributed by atoms with van der Waals surface area (Å²) in [6, 6.07) is 17.1. The van der Waals surface area contributed by atoms with E-state index in [1.54, 1.807) is 38.9 Å². The lowest BCUT2D eigenvalue weighted by molar-refractivity contribution is 0.0245. The van der Waals surface area contributed by atoms with Gasteiger partial charge in [0.2, 0.25) is 0 Å². The van der Waals surface area contributed by atoms with Gasteiger partial charge in [-0.1, -0.05) is 19.1 Å². The molecule has 2 aliphatic heterocycles. The van der Waals surface area contributed by atoms with Crippen LogP contribution in [-0.4, -0.2) is 125 Å². The van der Waals surface area contributed by atoms with Crippen LogP contribution in [0.1, 0.15) is 42.4 Å². The molecular weight excluding hydrogens is 693 g/mol. The number of hydrogen-bond acceptors (Lipinski definition) is 12. The second-order valence-corrected chi connectivity index (χ2v) is 14.8. The van der Waals surface area contributed by atoms with E-state index in [1.807, 2.05) is 54.7 Å². The van der Waals surface area contributed by atoms with Crippen LogP contribution in [0.2, 0.25) is 0 Å². The van der Waals surface area contributed by atoms with Gasteiger partial charge in [0.05, 0.1) is 42.9 Å². The number of piperazine rings is 2. The van der Waals surface area contributed by atoms with Gasteiger partial charge >= 0.3 is 0 Å². The zero-order valence-electron chi connectivity index (χ0n) is 33.0. The second-order valence-electron chi connectivity index (χ2n) is 14.8. The van der Waals surface area contributed by atoms with Gasteiger partial charge in [-0.3, -0.25) is 29.5 Å². The first-order valence-corrected chi connectivity index (χ1v) is 18.9. The third-order valence-electron chi connectivity index (χ3n) is 10.4. The number of likely N-dealkylation sites (N-methyl/N-ethyl adjacent to an activating group) is 2. The number of amides is 1. The number of nitrogens with zero attached hydrogens (tertiary/aromatic N) is 8. The van der Waals surface area contributed by atoms with E-state index in [1.165, 1.54) is 0 Å². The molecule has 1 amide bonds. The van der Waals surface area contributed by atoms with Crippen molar-refractivity contribution in [3.05, 3.63) is 96.2 Å². The van der Waals surface area contributed by atoms with E-state index in [4.69, 9.17) is 15.2 Å². The molecule has 13 heteroatoms. The van der Waals surface area contributed by atoms with Crippen molar-refractivity contribution in [3.8, 4) is 22.6 Å². The van der Waals surface area contributed by atoms with Crippen molar-refractivity contribution in [2.24, 2.45) is 0 Å². The Morgan fingerprint density at radius 3 is 2.13 bits per heavy atom. The topological polar surface area (TPSA) is 138 Å². The fraction of sp³-hybridized carbons (Fsp3) is 0.405. The van der Waals surface area contributed by atoms with Crippen LogP contribution in [0.4, 0.5) is 11.5 Å². The highest BCUT2D eigenvalue weighted by Gasteiger charge is 2.32. The third-order valence-corrected chi connectivity index (χ3v) is 10.4. The molecule has 5 heterocycles. The fourth-order valence-corrected chi connectivity index (χ4v) is 7.19. The number of anilines is 2. The summed E-state index contributed by atoms with van der Waals surface area (Å²) in [5.74, 6) is 1.53. The van der Waals surface area contributed by atoms with Crippen LogP contribution in [0.25, 0.3) is 22.2 Å². The number of benzene rings is 2. The van der Waals surface area contributed by atoms with Crippen molar-refractivity contribution in [1.82, 2.24) is 39.5 Å². The van der Waals surface area contributed by atoms with Crippen LogP contribution < -0.4 is 20.5 Å². The first-order valence-electron chi connectivity index (χ1n) is 18.9. The van der Waals surface area contributed by atoms with Gasteiger partial charge in [-0.05, 0) is 75.0 Å². The van der Waals surface area contributed by atoms with E-state index in [0.29, 0.717) is 33.9 Å². The van der Waals surface area contributed by atoms with E-state index >= 15 is 0 Å². The summed E-state index contributed by atoms with van der Waals surface area (Å²) in [5, 5.41) is 2.91. The number of nitrogen functional groups attached to an aromatic ring is 1. The number of methoxy groups -OCH3 is 2. The van der Waals surface area contributed by atoms with E-state index in [0.717, 1.165) is 93.5 Å². The number of fused-ring (bicyclic) bond motifs is 1. The maximum Gasteiger partial charge on any atom is 0.259 e. The largest absolute Gasteiger partial charge is 0.497 e. The highest BCUT2D eigenvalue weighted by Crippen LogP contribution is 2.34. The molecule has 2 aliphatic rings. The normalized spacial score (nSPS) is 16.6. The summed E-state index contributed by atoms with van der Waals surface area (Å²) >= 11 is 0. The molecule has 7 rings (SSSR count). The van der Waals surface area contributed by atoms with Gasteiger partial charge in [0, 0.05) is 94.7 Å². The molecule has 0 bridgehead atoms. The summed E-state index contributed by atoms with van der Waals surface area (Å²) in [6.07, 6.45) is 6.77.